The van der Waals surface area contributed by atoms with E-state index in [9.17, 15) is 0 Å². The molecule has 0 radical (unpaired) electrons. The fourth-order valence-corrected chi connectivity index (χ4v) is 4.11. The summed E-state index contributed by atoms with van der Waals surface area (Å²) < 4.78 is 10.8. The number of rotatable bonds is 6. The number of nitrogens with zero attached hydrogens (tertiary/aromatic N) is 4. The highest BCUT2D eigenvalue weighted by Crippen LogP contribution is 2.32. The summed E-state index contributed by atoms with van der Waals surface area (Å²) in [4.78, 5) is 11.3. The second kappa shape index (κ2) is 8.81. The minimum atomic E-state index is -0.159. The fraction of sp³-hybridized carbons (Fsp3) is 0.833. The number of hydrogen-bond donors (Lipinski definition) is 2. The van der Waals surface area contributed by atoms with Gasteiger partial charge in [0, 0.05) is 31.8 Å². The highest BCUT2D eigenvalue weighted by molar-refractivity contribution is 5.79. The third-order valence-corrected chi connectivity index (χ3v) is 5.58. The van der Waals surface area contributed by atoms with Crippen molar-refractivity contribution in [1.82, 2.24) is 25.7 Å². The van der Waals surface area contributed by atoms with Crippen LogP contribution in [0.1, 0.15) is 63.8 Å². The van der Waals surface area contributed by atoms with Crippen molar-refractivity contribution >= 4 is 5.96 Å². The molecule has 2 N–H and O–H groups in total. The van der Waals surface area contributed by atoms with E-state index in [2.05, 4.69) is 37.7 Å². The number of aliphatic imine (C=N–C) groups is 1. The molecule has 2 aliphatic heterocycles. The van der Waals surface area contributed by atoms with Gasteiger partial charge in [0.1, 0.15) is 6.10 Å². The van der Waals surface area contributed by atoms with Crippen LogP contribution in [0.3, 0.4) is 0 Å². The lowest BCUT2D eigenvalue weighted by molar-refractivity contribution is 0.0526. The number of aromatic nitrogens is 2. The van der Waals surface area contributed by atoms with Gasteiger partial charge < -0.3 is 24.8 Å². The van der Waals surface area contributed by atoms with Crippen molar-refractivity contribution in [1.29, 1.82) is 0 Å². The molecule has 8 nitrogen and oxygen atoms in total. The van der Waals surface area contributed by atoms with Crippen LogP contribution in [-0.4, -0.2) is 59.8 Å². The van der Waals surface area contributed by atoms with E-state index < -0.39 is 0 Å². The van der Waals surface area contributed by atoms with Gasteiger partial charge >= 0.3 is 0 Å². The summed E-state index contributed by atoms with van der Waals surface area (Å²) in [6, 6.07) is 1.84. The minimum absolute atomic E-state index is 0.159. The van der Waals surface area contributed by atoms with Gasteiger partial charge in [0.25, 0.3) is 0 Å². The second-order valence-electron chi connectivity index (χ2n) is 7.29. The Morgan fingerprint density at radius 2 is 2.12 bits per heavy atom. The van der Waals surface area contributed by atoms with Gasteiger partial charge in [0.2, 0.25) is 5.89 Å². The van der Waals surface area contributed by atoms with Crippen LogP contribution in [-0.2, 0) is 11.3 Å². The zero-order chi connectivity index (χ0) is 18.5. The van der Waals surface area contributed by atoms with E-state index in [-0.39, 0.29) is 6.10 Å². The molecule has 3 heterocycles. The Labute approximate surface area is 155 Å². The van der Waals surface area contributed by atoms with Crippen molar-refractivity contribution in [2.45, 2.75) is 76.7 Å². The molecule has 0 saturated carbocycles. The van der Waals surface area contributed by atoms with Crippen LogP contribution >= 0.6 is 0 Å². The lowest BCUT2D eigenvalue weighted by Gasteiger charge is -2.47. The van der Waals surface area contributed by atoms with Crippen molar-refractivity contribution in [3.63, 3.8) is 0 Å². The van der Waals surface area contributed by atoms with Gasteiger partial charge in [0.15, 0.2) is 11.8 Å². The summed E-state index contributed by atoms with van der Waals surface area (Å²) in [5.74, 6) is 1.90. The number of fused-ring (bicyclic) bond motifs is 2. The fourth-order valence-electron chi connectivity index (χ4n) is 4.11. The van der Waals surface area contributed by atoms with E-state index in [1.54, 1.807) is 7.05 Å². The molecule has 0 spiro atoms. The summed E-state index contributed by atoms with van der Waals surface area (Å²) in [6.45, 7) is 4.94. The van der Waals surface area contributed by atoms with Crippen molar-refractivity contribution < 1.29 is 9.26 Å². The minimum Gasteiger partial charge on any atom is -0.371 e. The molecule has 3 atom stereocenters. The first-order valence-corrected chi connectivity index (χ1v) is 9.73. The summed E-state index contributed by atoms with van der Waals surface area (Å²) in [7, 11) is 4.07. The van der Waals surface area contributed by atoms with Crippen LogP contribution in [0, 0.1) is 0 Å². The molecular weight excluding hydrogens is 332 g/mol. The molecule has 1 aromatic rings. The molecule has 8 heteroatoms. The predicted octanol–water partition coefficient (Wildman–Crippen LogP) is 1.85. The second-order valence-corrected chi connectivity index (χ2v) is 7.29. The molecule has 1 aromatic heterocycles. The molecule has 2 aliphatic rings. The Morgan fingerprint density at radius 1 is 1.38 bits per heavy atom. The average molecular weight is 364 g/mol. The lowest BCUT2D eigenvalue weighted by Crippen LogP contribution is -2.56. The Kier molecular flexibility index (Phi) is 6.48. The van der Waals surface area contributed by atoms with Crippen LogP contribution in [0.15, 0.2) is 9.52 Å². The third-order valence-electron chi connectivity index (χ3n) is 5.58. The number of hydrogen-bond acceptors (Lipinski definition) is 6. The summed E-state index contributed by atoms with van der Waals surface area (Å²) in [5, 5.41) is 10.8. The summed E-state index contributed by atoms with van der Waals surface area (Å²) >= 11 is 0. The smallest absolute Gasteiger partial charge is 0.246 e. The third kappa shape index (κ3) is 4.54. The van der Waals surface area contributed by atoms with E-state index in [0.29, 0.717) is 43.0 Å². The van der Waals surface area contributed by atoms with Gasteiger partial charge in [-0.05, 0) is 46.6 Å². The van der Waals surface area contributed by atoms with E-state index in [1.807, 2.05) is 13.8 Å². The molecule has 0 aromatic carbocycles. The first-order chi connectivity index (χ1) is 12.6. The van der Waals surface area contributed by atoms with Gasteiger partial charge in [-0.25, -0.2) is 0 Å². The lowest BCUT2D eigenvalue weighted by atomic mass is 9.82. The van der Waals surface area contributed by atoms with E-state index in [1.165, 1.54) is 32.1 Å². The summed E-state index contributed by atoms with van der Waals surface area (Å²) in [6.07, 6.45) is 6.15. The monoisotopic (exact) mass is 364 g/mol. The first kappa shape index (κ1) is 19.1. The van der Waals surface area contributed by atoms with Crippen LogP contribution in [0.25, 0.3) is 0 Å². The van der Waals surface area contributed by atoms with Gasteiger partial charge in [-0.1, -0.05) is 11.6 Å². The van der Waals surface area contributed by atoms with Crippen LogP contribution in [0.2, 0.25) is 0 Å². The molecule has 26 heavy (non-hydrogen) atoms. The van der Waals surface area contributed by atoms with Crippen molar-refractivity contribution in [2.75, 3.05) is 20.7 Å². The number of nitrogens with one attached hydrogen (secondary N) is 2. The van der Waals surface area contributed by atoms with E-state index >= 15 is 0 Å². The van der Waals surface area contributed by atoms with Gasteiger partial charge in [-0.15, -0.1) is 0 Å². The molecule has 146 valence electrons. The maximum absolute atomic E-state index is 5.49. The highest BCUT2D eigenvalue weighted by atomic mass is 16.5. The molecule has 2 saturated heterocycles. The van der Waals surface area contributed by atoms with Crippen molar-refractivity contribution in [3.8, 4) is 0 Å². The SMILES string of the molecule is CCOC(C)c1noc(CNC(=NC)NC2CC3CCCC(C2)N3C)n1. The normalized spacial score (nSPS) is 28.0. The van der Waals surface area contributed by atoms with Crippen LogP contribution in [0.5, 0.6) is 0 Å². The van der Waals surface area contributed by atoms with Crippen molar-refractivity contribution in [2.24, 2.45) is 4.99 Å². The van der Waals surface area contributed by atoms with E-state index in [4.69, 9.17) is 9.26 Å². The quantitative estimate of drug-likeness (QED) is 0.588. The molecule has 0 aliphatic carbocycles. The van der Waals surface area contributed by atoms with Gasteiger partial charge in [0.05, 0.1) is 6.54 Å². The molecular formula is C18H32N6O2. The summed E-state index contributed by atoms with van der Waals surface area (Å²) in [5.41, 5.74) is 0. The molecule has 2 fully saturated rings. The Morgan fingerprint density at radius 3 is 2.77 bits per heavy atom. The Bertz CT molecular complexity index is 590. The largest absolute Gasteiger partial charge is 0.371 e. The molecule has 2 bridgehead atoms. The average Bonchev–Trinajstić information content (AvgIpc) is 3.08. The number of piperidine rings is 2. The molecule has 3 rings (SSSR count). The molecule has 3 unspecified atom stereocenters. The van der Waals surface area contributed by atoms with E-state index in [0.717, 1.165) is 5.96 Å². The van der Waals surface area contributed by atoms with Crippen LogP contribution in [0.4, 0.5) is 0 Å². The van der Waals surface area contributed by atoms with Crippen molar-refractivity contribution in [3.05, 3.63) is 11.7 Å². The maximum Gasteiger partial charge on any atom is 0.246 e. The highest BCUT2D eigenvalue weighted by Gasteiger charge is 2.36. The zero-order valence-corrected chi connectivity index (χ0v) is 16.4. The maximum atomic E-state index is 5.49. The number of ether oxygens (including phenoxy) is 1. The topological polar surface area (TPSA) is 87.8 Å². The number of guanidine groups is 1. The standard InChI is InChI=1S/C18H32N6O2/c1-5-25-12(2)17-22-16(26-23-17)11-20-18(19-3)21-13-9-14-7-6-8-15(10-13)24(14)4/h12-15H,5-11H2,1-4H3,(H2,19,20,21). The predicted molar refractivity (Wildman–Crippen MR) is 99.9 cm³/mol. The Balaban J connectivity index is 1.49. The first-order valence-electron chi connectivity index (χ1n) is 9.73. The Hall–Kier alpha value is -1.67. The van der Waals surface area contributed by atoms with Gasteiger partial charge in [-0.3, -0.25) is 4.99 Å². The zero-order valence-electron chi connectivity index (χ0n) is 16.4. The van der Waals surface area contributed by atoms with Crippen LogP contribution < -0.4 is 10.6 Å². The molecule has 0 amide bonds. The van der Waals surface area contributed by atoms with Gasteiger partial charge in [-0.2, -0.15) is 4.98 Å².